The first kappa shape index (κ1) is 17.4. The summed E-state index contributed by atoms with van der Waals surface area (Å²) in [6.45, 7) is 3.76. The Morgan fingerprint density at radius 3 is 2.83 bits per heavy atom. The molecule has 4 aromatic rings. The van der Waals surface area contributed by atoms with E-state index < -0.39 is 0 Å². The van der Waals surface area contributed by atoms with Gasteiger partial charge in [-0.1, -0.05) is 0 Å². The number of hydrogen-bond acceptors (Lipinski definition) is 5. The molecule has 0 fully saturated rings. The van der Waals surface area contributed by atoms with E-state index in [0.29, 0.717) is 26.1 Å². The molecule has 3 aromatic heterocycles. The number of rotatable bonds is 2. The van der Waals surface area contributed by atoms with Crippen LogP contribution in [0.15, 0.2) is 36.8 Å². The Kier molecular flexibility index (Phi) is 3.81. The molecular formula is C22H20FN5O2. The zero-order valence-electron chi connectivity index (χ0n) is 16.5. The molecule has 0 spiro atoms. The Hall–Kier alpha value is -3.42. The van der Waals surface area contributed by atoms with Crippen molar-refractivity contribution in [1.82, 2.24) is 24.4 Å². The SMILES string of the molecule is CCn1ccc(-c2cc3c(n4cnnc24)CCc2c(F)ccc4c2[C@H](CO4)CO3)n1. The van der Waals surface area contributed by atoms with Crippen LogP contribution in [0.5, 0.6) is 11.5 Å². The number of nitrogens with zero attached hydrogens (tertiary/aromatic N) is 5. The van der Waals surface area contributed by atoms with E-state index in [1.165, 1.54) is 6.07 Å². The molecule has 1 aromatic carbocycles. The monoisotopic (exact) mass is 405 g/mol. The van der Waals surface area contributed by atoms with Crippen molar-refractivity contribution in [1.29, 1.82) is 0 Å². The second-order valence-electron chi connectivity index (χ2n) is 7.71. The van der Waals surface area contributed by atoms with Crippen molar-refractivity contribution >= 4 is 5.65 Å². The van der Waals surface area contributed by atoms with Crippen molar-refractivity contribution in [3.05, 3.63) is 59.4 Å². The van der Waals surface area contributed by atoms with Crippen LogP contribution in [-0.2, 0) is 19.4 Å². The van der Waals surface area contributed by atoms with Crippen LogP contribution in [0.2, 0.25) is 0 Å². The average Bonchev–Trinajstić information content (AvgIpc) is 3.50. The first-order valence-electron chi connectivity index (χ1n) is 10.2. The van der Waals surface area contributed by atoms with E-state index in [1.54, 1.807) is 12.4 Å². The smallest absolute Gasteiger partial charge is 0.170 e. The van der Waals surface area contributed by atoms with Crippen LogP contribution >= 0.6 is 0 Å². The third-order valence-electron chi connectivity index (χ3n) is 6.04. The maximum atomic E-state index is 14.7. The van der Waals surface area contributed by atoms with Crippen LogP contribution in [0.25, 0.3) is 16.9 Å². The van der Waals surface area contributed by atoms with Crippen LogP contribution in [0.3, 0.4) is 0 Å². The highest BCUT2D eigenvalue weighted by atomic mass is 19.1. The predicted octanol–water partition coefficient (Wildman–Crippen LogP) is 3.41. The van der Waals surface area contributed by atoms with E-state index >= 15 is 0 Å². The lowest BCUT2D eigenvalue weighted by molar-refractivity contribution is 0.246. The van der Waals surface area contributed by atoms with Gasteiger partial charge in [0.15, 0.2) is 5.65 Å². The molecule has 5 heterocycles. The summed E-state index contributed by atoms with van der Waals surface area (Å²) in [7, 11) is 0. The van der Waals surface area contributed by atoms with Crippen LogP contribution in [0, 0.1) is 5.82 Å². The minimum Gasteiger partial charge on any atom is -0.493 e. The molecule has 2 aliphatic heterocycles. The molecule has 152 valence electrons. The number of fused-ring (bicyclic) bond motifs is 3. The van der Waals surface area contributed by atoms with Gasteiger partial charge in [0.05, 0.1) is 36.1 Å². The lowest BCUT2D eigenvalue weighted by Gasteiger charge is -2.15. The second kappa shape index (κ2) is 6.55. The van der Waals surface area contributed by atoms with Gasteiger partial charge in [0.2, 0.25) is 0 Å². The number of benzene rings is 1. The molecule has 8 heteroatoms. The van der Waals surface area contributed by atoms with Gasteiger partial charge in [-0.3, -0.25) is 9.08 Å². The zero-order valence-corrected chi connectivity index (χ0v) is 16.5. The summed E-state index contributed by atoms with van der Waals surface area (Å²) in [5.74, 6) is 1.35. The molecule has 0 saturated carbocycles. The predicted molar refractivity (Wildman–Crippen MR) is 107 cm³/mol. The van der Waals surface area contributed by atoms with Crippen LogP contribution < -0.4 is 9.47 Å². The summed E-state index contributed by atoms with van der Waals surface area (Å²) < 4.78 is 30.6. The maximum Gasteiger partial charge on any atom is 0.170 e. The fraction of sp³-hybridized carbons (Fsp3) is 0.318. The Balaban J connectivity index is 1.50. The van der Waals surface area contributed by atoms with E-state index in [2.05, 4.69) is 15.3 Å². The van der Waals surface area contributed by atoms with E-state index in [0.717, 1.165) is 51.8 Å². The average molecular weight is 405 g/mol. The largest absolute Gasteiger partial charge is 0.493 e. The molecule has 30 heavy (non-hydrogen) atoms. The first-order valence-corrected chi connectivity index (χ1v) is 10.2. The Bertz CT molecular complexity index is 1280. The molecule has 0 bridgehead atoms. The van der Waals surface area contributed by atoms with Crippen molar-refractivity contribution < 1.29 is 13.9 Å². The normalized spacial score (nSPS) is 17.5. The maximum absolute atomic E-state index is 14.7. The Labute approximate surface area is 172 Å². The Morgan fingerprint density at radius 2 is 2.00 bits per heavy atom. The van der Waals surface area contributed by atoms with Gasteiger partial charge in [0.25, 0.3) is 0 Å². The molecule has 7 nitrogen and oxygen atoms in total. The van der Waals surface area contributed by atoms with Gasteiger partial charge in [0, 0.05) is 18.3 Å². The molecule has 2 aliphatic rings. The van der Waals surface area contributed by atoms with Crippen LogP contribution in [0.4, 0.5) is 4.39 Å². The quantitative estimate of drug-likeness (QED) is 0.511. The zero-order chi connectivity index (χ0) is 20.2. The standard InChI is InChI=1S/C22H20FN5O2/c1-2-27-8-7-17(26-27)15-9-20-18(28-12-24-25-22(15)28)5-3-14-16(23)4-6-19-21(14)13(10-29-19)11-30-20/h4,6-9,12-13H,2-3,5,10-11H2,1H3/t13-/m1/s1. The van der Waals surface area contributed by atoms with Gasteiger partial charge in [-0.2, -0.15) is 5.10 Å². The van der Waals surface area contributed by atoms with Gasteiger partial charge in [-0.05, 0) is 49.6 Å². The van der Waals surface area contributed by atoms with Crippen molar-refractivity contribution in [3.8, 4) is 22.8 Å². The molecular weight excluding hydrogens is 385 g/mol. The highest BCUT2D eigenvalue weighted by Crippen LogP contribution is 2.41. The lowest BCUT2D eigenvalue weighted by atomic mass is 9.93. The van der Waals surface area contributed by atoms with Gasteiger partial charge < -0.3 is 9.47 Å². The summed E-state index contributed by atoms with van der Waals surface area (Å²) in [5.41, 5.74) is 5.01. The Morgan fingerprint density at radius 1 is 1.13 bits per heavy atom. The minimum absolute atomic E-state index is 0.0102. The second-order valence-corrected chi connectivity index (χ2v) is 7.71. The number of hydrogen-bond donors (Lipinski definition) is 0. The molecule has 6 rings (SSSR count). The minimum atomic E-state index is -0.186. The fourth-order valence-corrected chi connectivity index (χ4v) is 4.54. The number of aryl methyl sites for hydroxylation is 2. The number of ether oxygens (including phenoxy) is 2. The van der Waals surface area contributed by atoms with Crippen molar-refractivity contribution in [2.24, 2.45) is 0 Å². The third-order valence-corrected chi connectivity index (χ3v) is 6.04. The number of pyridine rings is 1. The molecule has 0 N–H and O–H groups in total. The van der Waals surface area contributed by atoms with E-state index in [1.807, 2.05) is 34.3 Å². The summed E-state index contributed by atoms with van der Waals surface area (Å²) in [6.07, 6.45) is 4.80. The van der Waals surface area contributed by atoms with Crippen molar-refractivity contribution in [3.63, 3.8) is 0 Å². The van der Waals surface area contributed by atoms with E-state index in [-0.39, 0.29) is 11.7 Å². The highest BCUT2D eigenvalue weighted by Gasteiger charge is 2.31. The van der Waals surface area contributed by atoms with Gasteiger partial charge in [0.1, 0.15) is 23.6 Å². The molecule has 0 unspecified atom stereocenters. The summed E-state index contributed by atoms with van der Waals surface area (Å²) in [6, 6.07) is 7.18. The molecule has 1 atom stereocenters. The van der Waals surface area contributed by atoms with E-state index in [9.17, 15) is 4.39 Å². The molecule has 0 radical (unpaired) electrons. The molecule has 0 saturated heterocycles. The van der Waals surface area contributed by atoms with Crippen molar-refractivity contribution in [2.45, 2.75) is 32.2 Å². The fourth-order valence-electron chi connectivity index (χ4n) is 4.54. The highest BCUT2D eigenvalue weighted by molar-refractivity contribution is 5.76. The number of halogens is 1. The van der Waals surface area contributed by atoms with Gasteiger partial charge >= 0.3 is 0 Å². The summed E-state index contributed by atoms with van der Waals surface area (Å²) >= 11 is 0. The molecule has 0 aliphatic carbocycles. The summed E-state index contributed by atoms with van der Waals surface area (Å²) in [5, 5.41) is 13.1. The van der Waals surface area contributed by atoms with Crippen LogP contribution in [0.1, 0.15) is 29.7 Å². The topological polar surface area (TPSA) is 66.5 Å². The lowest BCUT2D eigenvalue weighted by Crippen LogP contribution is -2.13. The van der Waals surface area contributed by atoms with Crippen molar-refractivity contribution in [2.75, 3.05) is 13.2 Å². The van der Waals surface area contributed by atoms with Gasteiger partial charge in [-0.25, -0.2) is 4.39 Å². The number of aromatic nitrogens is 5. The molecule has 0 amide bonds. The third kappa shape index (κ3) is 2.52. The van der Waals surface area contributed by atoms with E-state index in [4.69, 9.17) is 9.47 Å². The van der Waals surface area contributed by atoms with Gasteiger partial charge in [-0.15, -0.1) is 10.2 Å². The summed E-state index contributed by atoms with van der Waals surface area (Å²) in [4.78, 5) is 0. The van der Waals surface area contributed by atoms with Crippen LogP contribution in [-0.4, -0.2) is 37.6 Å². The first-order chi connectivity index (χ1) is 14.7.